The minimum atomic E-state index is -0.237. The van der Waals surface area contributed by atoms with E-state index in [9.17, 15) is 4.79 Å². The van der Waals surface area contributed by atoms with Crippen molar-refractivity contribution >= 4 is 33.2 Å². The fraction of sp³-hybridized carbons (Fsp3) is 0.250. The van der Waals surface area contributed by atoms with Crippen molar-refractivity contribution in [3.8, 4) is 0 Å². The average molecular weight is 364 g/mol. The Morgan fingerprint density at radius 1 is 1.27 bits per heavy atom. The second-order valence-electron chi connectivity index (χ2n) is 4.77. The summed E-state index contributed by atoms with van der Waals surface area (Å²) in [5, 5.41) is 5.98. The van der Waals surface area contributed by atoms with E-state index in [0.717, 1.165) is 21.4 Å². The van der Waals surface area contributed by atoms with Crippen LogP contribution < -0.4 is 10.6 Å². The minimum absolute atomic E-state index is 0.237. The summed E-state index contributed by atoms with van der Waals surface area (Å²) in [4.78, 5) is 16.3. The van der Waals surface area contributed by atoms with Gasteiger partial charge in [-0.15, -0.1) is 0 Å². The van der Waals surface area contributed by atoms with Crippen LogP contribution in [0.1, 0.15) is 16.1 Å². The van der Waals surface area contributed by atoms with Gasteiger partial charge in [0.05, 0.1) is 18.5 Å². The molecule has 1 amide bonds. The summed E-state index contributed by atoms with van der Waals surface area (Å²) >= 11 is 3.45. The van der Waals surface area contributed by atoms with Gasteiger partial charge in [-0.3, -0.25) is 4.79 Å². The SMILES string of the molecule is COCCNc1ccc(C(=O)Nc2ccc(C)c(Br)c2)nc1. The van der Waals surface area contributed by atoms with E-state index < -0.39 is 0 Å². The molecule has 0 aliphatic carbocycles. The smallest absolute Gasteiger partial charge is 0.274 e. The zero-order valence-corrected chi connectivity index (χ0v) is 14.1. The number of aryl methyl sites for hydroxylation is 1. The van der Waals surface area contributed by atoms with Crippen molar-refractivity contribution < 1.29 is 9.53 Å². The number of rotatable bonds is 6. The van der Waals surface area contributed by atoms with Gasteiger partial charge in [0, 0.05) is 23.8 Å². The molecule has 0 spiro atoms. The number of halogens is 1. The van der Waals surface area contributed by atoms with Crippen molar-refractivity contribution in [2.24, 2.45) is 0 Å². The number of hydrogen-bond acceptors (Lipinski definition) is 4. The quantitative estimate of drug-likeness (QED) is 0.771. The Morgan fingerprint density at radius 3 is 2.68 bits per heavy atom. The van der Waals surface area contributed by atoms with E-state index in [1.165, 1.54) is 0 Å². The summed E-state index contributed by atoms with van der Waals surface area (Å²) in [6.45, 7) is 3.30. The van der Waals surface area contributed by atoms with Gasteiger partial charge in [0.1, 0.15) is 5.69 Å². The monoisotopic (exact) mass is 363 g/mol. The van der Waals surface area contributed by atoms with Crippen LogP contribution in [0.3, 0.4) is 0 Å². The molecule has 6 heteroatoms. The second kappa shape index (κ2) is 7.91. The first kappa shape index (κ1) is 16.5. The molecule has 22 heavy (non-hydrogen) atoms. The molecular formula is C16H18BrN3O2. The number of nitrogens with zero attached hydrogens (tertiary/aromatic N) is 1. The predicted octanol–water partition coefficient (Wildman–Crippen LogP) is 3.46. The Balaban J connectivity index is 1.98. The van der Waals surface area contributed by atoms with E-state index in [-0.39, 0.29) is 5.91 Å². The first-order chi connectivity index (χ1) is 10.6. The largest absolute Gasteiger partial charge is 0.383 e. The molecule has 0 saturated heterocycles. The fourth-order valence-corrected chi connectivity index (χ4v) is 2.17. The first-order valence-corrected chi connectivity index (χ1v) is 7.66. The number of anilines is 2. The summed E-state index contributed by atoms with van der Waals surface area (Å²) in [6.07, 6.45) is 1.63. The molecule has 0 radical (unpaired) electrons. The normalized spacial score (nSPS) is 10.3. The van der Waals surface area contributed by atoms with E-state index >= 15 is 0 Å². The van der Waals surface area contributed by atoms with Crippen LogP contribution in [-0.4, -0.2) is 31.2 Å². The van der Waals surface area contributed by atoms with Gasteiger partial charge in [0.2, 0.25) is 0 Å². The standard InChI is InChI=1S/C16H18BrN3O2/c1-11-3-4-12(9-14(11)17)20-16(21)15-6-5-13(10-19-15)18-7-8-22-2/h3-6,9-10,18H,7-8H2,1-2H3,(H,20,21). The summed E-state index contributed by atoms with van der Waals surface area (Å²) in [5.74, 6) is -0.237. The maximum Gasteiger partial charge on any atom is 0.274 e. The van der Waals surface area contributed by atoms with Crippen molar-refractivity contribution in [2.75, 3.05) is 30.9 Å². The van der Waals surface area contributed by atoms with Crippen LogP contribution in [0.25, 0.3) is 0 Å². The number of aromatic nitrogens is 1. The van der Waals surface area contributed by atoms with E-state index in [4.69, 9.17) is 4.74 Å². The van der Waals surface area contributed by atoms with Gasteiger partial charge in [0.25, 0.3) is 5.91 Å². The molecule has 0 aliphatic heterocycles. The number of hydrogen-bond donors (Lipinski definition) is 2. The van der Waals surface area contributed by atoms with Gasteiger partial charge >= 0.3 is 0 Å². The number of benzene rings is 1. The zero-order chi connectivity index (χ0) is 15.9. The number of nitrogens with one attached hydrogen (secondary N) is 2. The van der Waals surface area contributed by atoms with Crippen molar-refractivity contribution in [1.82, 2.24) is 4.98 Å². The van der Waals surface area contributed by atoms with Crippen LogP contribution in [0.15, 0.2) is 41.0 Å². The molecule has 2 rings (SSSR count). The lowest BCUT2D eigenvalue weighted by atomic mass is 10.2. The fourth-order valence-electron chi connectivity index (χ4n) is 1.80. The van der Waals surface area contributed by atoms with Crippen LogP contribution >= 0.6 is 15.9 Å². The number of amides is 1. The van der Waals surface area contributed by atoms with Crippen molar-refractivity contribution in [2.45, 2.75) is 6.92 Å². The Bertz CT molecular complexity index is 644. The molecule has 116 valence electrons. The third-order valence-electron chi connectivity index (χ3n) is 3.06. The van der Waals surface area contributed by atoms with E-state index in [1.807, 2.05) is 31.2 Å². The van der Waals surface area contributed by atoms with Gasteiger partial charge in [0.15, 0.2) is 0 Å². The van der Waals surface area contributed by atoms with Crippen LogP contribution in [0.2, 0.25) is 0 Å². The average Bonchev–Trinajstić information content (AvgIpc) is 2.52. The van der Waals surface area contributed by atoms with Gasteiger partial charge < -0.3 is 15.4 Å². The molecule has 1 aromatic heterocycles. The van der Waals surface area contributed by atoms with Gasteiger partial charge in [-0.2, -0.15) is 0 Å². The lowest BCUT2D eigenvalue weighted by Gasteiger charge is -2.08. The highest BCUT2D eigenvalue weighted by atomic mass is 79.9. The molecule has 0 fully saturated rings. The predicted molar refractivity (Wildman–Crippen MR) is 91.4 cm³/mol. The molecule has 2 aromatic rings. The molecule has 0 atom stereocenters. The Morgan fingerprint density at radius 2 is 2.05 bits per heavy atom. The third kappa shape index (κ3) is 4.54. The molecule has 0 bridgehead atoms. The number of ether oxygens (including phenoxy) is 1. The highest BCUT2D eigenvalue weighted by molar-refractivity contribution is 9.10. The molecule has 1 heterocycles. The molecular weight excluding hydrogens is 346 g/mol. The number of carbonyl (C=O) groups excluding carboxylic acids is 1. The zero-order valence-electron chi connectivity index (χ0n) is 12.5. The Kier molecular flexibility index (Phi) is 5.91. The van der Waals surface area contributed by atoms with Gasteiger partial charge in [-0.05, 0) is 36.8 Å². The summed E-state index contributed by atoms with van der Waals surface area (Å²) in [5.41, 5.74) is 3.06. The lowest BCUT2D eigenvalue weighted by molar-refractivity contribution is 0.102. The molecule has 1 aromatic carbocycles. The number of pyridine rings is 1. The molecule has 0 unspecified atom stereocenters. The van der Waals surface area contributed by atoms with E-state index in [2.05, 4.69) is 31.5 Å². The summed E-state index contributed by atoms with van der Waals surface area (Å²) < 4.78 is 5.91. The number of carbonyl (C=O) groups is 1. The minimum Gasteiger partial charge on any atom is -0.383 e. The highest BCUT2D eigenvalue weighted by Crippen LogP contribution is 2.21. The lowest BCUT2D eigenvalue weighted by Crippen LogP contribution is -2.14. The Labute approximate surface area is 138 Å². The molecule has 0 aliphatic rings. The topological polar surface area (TPSA) is 63.2 Å². The van der Waals surface area contributed by atoms with E-state index in [1.54, 1.807) is 19.4 Å². The first-order valence-electron chi connectivity index (χ1n) is 6.86. The Hall–Kier alpha value is -1.92. The molecule has 5 nitrogen and oxygen atoms in total. The van der Waals surface area contributed by atoms with Crippen LogP contribution in [0, 0.1) is 6.92 Å². The van der Waals surface area contributed by atoms with Gasteiger partial charge in [-0.25, -0.2) is 4.98 Å². The third-order valence-corrected chi connectivity index (χ3v) is 3.92. The van der Waals surface area contributed by atoms with Crippen molar-refractivity contribution in [3.63, 3.8) is 0 Å². The molecule has 2 N–H and O–H groups in total. The molecule has 0 saturated carbocycles. The van der Waals surface area contributed by atoms with Crippen LogP contribution in [-0.2, 0) is 4.74 Å². The highest BCUT2D eigenvalue weighted by Gasteiger charge is 2.08. The van der Waals surface area contributed by atoms with Crippen molar-refractivity contribution in [1.29, 1.82) is 0 Å². The summed E-state index contributed by atoms with van der Waals surface area (Å²) in [7, 11) is 1.65. The summed E-state index contributed by atoms with van der Waals surface area (Å²) in [6, 6.07) is 9.18. The van der Waals surface area contributed by atoms with E-state index in [0.29, 0.717) is 18.8 Å². The number of methoxy groups -OCH3 is 1. The maximum absolute atomic E-state index is 12.2. The van der Waals surface area contributed by atoms with Gasteiger partial charge in [-0.1, -0.05) is 22.0 Å². The van der Waals surface area contributed by atoms with Crippen LogP contribution in [0.5, 0.6) is 0 Å². The second-order valence-corrected chi connectivity index (χ2v) is 5.62. The van der Waals surface area contributed by atoms with Crippen molar-refractivity contribution in [3.05, 3.63) is 52.3 Å². The van der Waals surface area contributed by atoms with Crippen LogP contribution in [0.4, 0.5) is 11.4 Å². The maximum atomic E-state index is 12.2.